The summed E-state index contributed by atoms with van der Waals surface area (Å²) in [4.78, 5) is 38.0. The molecule has 0 aliphatic heterocycles. The van der Waals surface area contributed by atoms with Gasteiger partial charge in [0.05, 0.1) is 40.4 Å². The number of nitro benzene ring substituents is 1. The van der Waals surface area contributed by atoms with Crippen molar-refractivity contribution in [1.29, 1.82) is 10.5 Å². The zero-order chi connectivity index (χ0) is 23.5. The Hall–Kier alpha value is -3.89. The number of aryl methyl sites for hydroxylation is 1. The first-order valence-electron chi connectivity index (χ1n) is 9.57. The summed E-state index contributed by atoms with van der Waals surface area (Å²) in [5.74, 6) is -1.43. The Balaban J connectivity index is 2.09. The monoisotopic (exact) mass is 452 g/mol. The van der Waals surface area contributed by atoms with Gasteiger partial charge in [0.1, 0.15) is 0 Å². The molecule has 2 aromatic carbocycles. The van der Waals surface area contributed by atoms with Gasteiger partial charge in [0, 0.05) is 24.1 Å². The number of rotatable bonds is 10. The number of nitriles is 2. The molecule has 2 aromatic rings. The molecule has 0 N–H and O–H groups in total. The van der Waals surface area contributed by atoms with E-state index in [1.54, 1.807) is 0 Å². The Labute approximate surface area is 189 Å². The van der Waals surface area contributed by atoms with E-state index in [4.69, 9.17) is 15.3 Å². The van der Waals surface area contributed by atoms with E-state index in [-0.39, 0.29) is 37.2 Å². The van der Waals surface area contributed by atoms with Gasteiger partial charge in [-0.1, -0.05) is 29.5 Å². The molecule has 0 spiro atoms. The van der Waals surface area contributed by atoms with Gasteiger partial charge in [0.25, 0.3) is 11.6 Å². The Morgan fingerprint density at radius 1 is 1.09 bits per heavy atom. The number of carbonyl (C=O) groups excluding carboxylic acids is 2. The Morgan fingerprint density at radius 2 is 1.72 bits per heavy atom. The summed E-state index contributed by atoms with van der Waals surface area (Å²) in [6, 6.07) is 15.3. The zero-order valence-corrected chi connectivity index (χ0v) is 18.1. The third kappa shape index (κ3) is 7.11. The van der Waals surface area contributed by atoms with Crippen molar-refractivity contribution in [2.75, 3.05) is 19.7 Å². The summed E-state index contributed by atoms with van der Waals surface area (Å²) in [6.45, 7) is 1.58. The van der Waals surface area contributed by atoms with Gasteiger partial charge in [-0.25, -0.2) is 4.79 Å². The predicted octanol–water partition coefficient (Wildman–Crippen LogP) is 3.87. The molecule has 164 valence electrons. The number of ether oxygens (including phenoxy) is 1. The summed E-state index contributed by atoms with van der Waals surface area (Å²) in [6.07, 6.45) is 0.162. The van der Waals surface area contributed by atoms with Crippen LogP contribution < -0.4 is 0 Å². The molecule has 2 rings (SSSR count). The van der Waals surface area contributed by atoms with Crippen molar-refractivity contribution in [3.8, 4) is 12.1 Å². The average Bonchev–Trinajstić information content (AvgIpc) is 2.79. The van der Waals surface area contributed by atoms with Gasteiger partial charge in [0.2, 0.25) is 0 Å². The minimum Gasteiger partial charge on any atom is -0.452 e. The first-order valence-corrected chi connectivity index (χ1v) is 10.4. The van der Waals surface area contributed by atoms with Crippen LogP contribution in [0.5, 0.6) is 0 Å². The van der Waals surface area contributed by atoms with Gasteiger partial charge in [-0.3, -0.25) is 14.9 Å². The van der Waals surface area contributed by atoms with E-state index in [0.29, 0.717) is 4.90 Å². The molecule has 0 radical (unpaired) electrons. The van der Waals surface area contributed by atoms with Gasteiger partial charge in [-0.05, 0) is 31.2 Å². The van der Waals surface area contributed by atoms with Gasteiger partial charge >= 0.3 is 5.97 Å². The SMILES string of the molecule is Cc1ccc(Sc2ccc(C(=O)OCC(=O)N(CCC#N)CCC#N)cc2[N+](=O)[O-])cc1. The maximum atomic E-state index is 12.4. The fourth-order valence-corrected chi connectivity index (χ4v) is 3.54. The van der Waals surface area contributed by atoms with E-state index in [9.17, 15) is 19.7 Å². The lowest BCUT2D eigenvalue weighted by atomic mass is 10.2. The number of esters is 1. The molecule has 10 heteroatoms. The Bertz CT molecular complexity index is 1060. The molecule has 0 aliphatic carbocycles. The minimum absolute atomic E-state index is 0.0571. The minimum atomic E-state index is -0.881. The number of nitrogens with zero attached hydrogens (tertiary/aromatic N) is 4. The van der Waals surface area contributed by atoms with Crippen molar-refractivity contribution in [1.82, 2.24) is 4.90 Å². The van der Waals surface area contributed by atoms with E-state index in [2.05, 4.69) is 0 Å². The van der Waals surface area contributed by atoms with E-state index >= 15 is 0 Å². The van der Waals surface area contributed by atoms with Crippen molar-refractivity contribution in [2.45, 2.75) is 29.6 Å². The Morgan fingerprint density at radius 3 is 2.28 bits per heavy atom. The highest BCUT2D eigenvalue weighted by Crippen LogP contribution is 2.35. The summed E-state index contributed by atoms with van der Waals surface area (Å²) in [7, 11) is 0. The molecular weight excluding hydrogens is 432 g/mol. The molecule has 1 amide bonds. The molecule has 0 aliphatic rings. The second-order valence-corrected chi connectivity index (χ2v) is 7.74. The zero-order valence-electron chi connectivity index (χ0n) is 17.3. The number of nitro groups is 1. The smallest absolute Gasteiger partial charge is 0.338 e. The molecule has 0 bridgehead atoms. The standard InChI is InChI=1S/C22H20N4O5S/c1-16-4-7-18(8-5-16)32-20-9-6-17(14-19(20)26(29)30)22(28)31-15-21(27)25(12-2-10-23)13-3-11-24/h4-9,14H,2-3,12-13,15H2,1H3. The molecule has 0 atom stereocenters. The highest BCUT2D eigenvalue weighted by molar-refractivity contribution is 7.99. The lowest BCUT2D eigenvalue weighted by molar-refractivity contribution is -0.387. The topological polar surface area (TPSA) is 137 Å². The highest BCUT2D eigenvalue weighted by atomic mass is 32.2. The third-order valence-electron chi connectivity index (χ3n) is 4.31. The lowest BCUT2D eigenvalue weighted by Crippen LogP contribution is -2.36. The van der Waals surface area contributed by atoms with E-state index in [0.717, 1.165) is 16.5 Å². The van der Waals surface area contributed by atoms with Crippen LogP contribution in [-0.4, -0.2) is 41.4 Å². The second-order valence-electron chi connectivity index (χ2n) is 6.63. The maximum Gasteiger partial charge on any atom is 0.338 e. The van der Waals surface area contributed by atoms with Crippen molar-refractivity contribution in [3.63, 3.8) is 0 Å². The maximum absolute atomic E-state index is 12.4. The van der Waals surface area contributed by atoms with Crippen LogP contribution in [0.2, 0.25) is 0 Å². The largest absolute Gasteiger partial charge is 0.452 e. The molecule has 0 heterocycles. The van der Waals surface area contributed by atoms with Crippen LogP contribution in [-0.2, 0) is 9.53 Å². The molecular formula is C22H20N4O5S. The molecule has 0 saturated heterocycles. The van der Waals surface area contributed by atoms with Crippen LogP contribution in [0, 0.1) is 39.7 Å². The molecule has 0 fully saturated rings. The van der Waals surface area contributed by atoms with Crippen molar-refractivity contribution < 1.29 is 19.2 Å². The summed E-state index contributed by atoms with van der Waals surface area (Å²) >= 11 is 1.20. The van der Waals surface area contributed by atoms with E-state index < -0.39 is 23.4 Å². The molecule has 0 aromatic heterocycles. The highest BCUT2D eigenvalue weighted by Gasteiger charge is 2.21. The average molecular weight is 452 g/mol. The van der Waals surface area contributed by atoms with Gasteiger partial charge in [-0.15, -0.1) is 0 Å². The van der Waals surface area contributed by atoms with Crippen LogP contribution in [0.1, 0.15) is 28.8 Å². The molecule has 32 heavy (non-hydrogen) atoms. The summed E-state index contributed by atoms with van der Waals surface area (Å²) in [5, 5.41) is 28.9. The van der Waals surface area contributed by atoms with Crippen LogP contribution >= 0.6 is 11.8 Å². The number of hydrogen-bond acceptors (Lipinski definition) is 8. The number of benzene rings is 2. The third-order valence-corrected chi connectivity index (χ3v) is 5.38. The van der Waals surface area contributed by atoms with Crippen LogP contribution in [0.25, 0.3) is 0 Å². The van der Waals surface area contributed by atoms with Crippen LogP contribution in [0.15, 0.2) is 52.3 Å². The summed E-state index contributed by atoms with van der Waals surface area (Å²) in [5.41, 5.74) is 0.759. The fourth-order valence-electron chi connectivity index (χ4n) is 2.64. The van der Waals surface area contributed by atoms with E-state index in [1.165, 1.54) is 28.8 Å². The Kier molecular flexibility index (Phi) is 9.21. The molecule has 0 saturated carbocycles. The number of hydrogen-bond donors (Lipinski definition) is 0. The van der Waals surface area contributed by atoms with Crippen molar-refractivity contribution in [2.24, 2.45) is 0 Å². The van der Waals surface area contributed by atoms with Gasteiger partial charge in [0.15, 0.2) is 6.61 Å². The first kappa shape index (κ1) is 24.4. The fraction of sp³-hybridized carbons (Fsp3) is 0.273. The second kappa shape index (κ2) is 12.1. The summed E-state index contributed by atoms with van der Waals surface area (Å²) < 4.78 is 5.01. The lowest BCUT2D eigenvalue weighted by Gasteiger charge is -2.20. The van der Waals surface area contributed by atoms with Gasteiger partial charge in [-0.2, -0.15) is 10.5 Å². The predicted molar refractivity (Wildman–Crippen MR) is 116 cm³/mol. The van der Waals surface area contributed by atoms with Crippen molar-refractivity contribution >= 4 is 29.3 Å². The quantitative estimate of drug-likeness (QED) is 0.301. The van der Waals surface area contributed by atoms with Crippen molar-refractivity contribution in [3.05, 3.63) is 63.7 Å². The normalized spacial score (nSPS) is 9.97. The number of carbonyl (C=O) groups is 2. The van der Waals surface area contributed by atoms with Crippen LogP contribution in [0.4, 0.5) is 5.69 Å². The van der Waals surface area contributed by atoms with Gasteiger partial charge < -0.3 is 9.64 Å². The van der Waals surface area contributed by atoms with E-state index in [1.807, 2.05) is 43.3 Å². The molecule has 0 unspecified atom stereocenters. The molecule has 9 nitrogen and oxygen atoms in total. The first-order chi connectivity index (χ1) is 15.3. The van der Waals surface area contributed by atoms with Crippen LogP contribution in [0.3, 0.4) is 0 Å². The number of amides is 1.